The summed E-state index contributed by atoms with van der Waals surface area (Å²) in [5.41, 5.74) is 0.464. The van der Waals surface area contributed by atoms with Crippen LogP contribution in [0.15, 0.2) is 30.3 Å². The van der Waals surface area contributed by atoms with E-state index >= 15 is 0 Å². The summed E-state index contributed by atoms with van der Waals surface area (Å²) in [6.07, 6.45) is -1.26. The quantitative estimate of drug-likeness (QED) is 0.616. The van der Waals surface area contributed by atoms with Crippen LogP contribution in [-0.2, 0) is 14.3 Å². The lowest BCUT2D eigenvalue weighted by Gasteiger charge is -2.23. The van der Waals surface area contributed by atoms with E-state index in [1.807, 2.05) is 0 Å². The Hall–Kier alpha value is -1.30. The molecule has 110 valence electrons. The van der Waals surface area contributed by atoms with E-state index in [0.717, 1.165) is 0 Å². The Bertz CT molecular complexity index is 453. The molecule has 1 aromatic carbocycles. The molecule has 1 rings (SSSR count). The van der Waals surface area contributed by atoms with Gasteiger partial charge in [0, 0.05) is 0 Å². The van der Waals surface area contributed by atoms with Gasteiger partial charge in [0.15, 0.2) is 10.9 Å². The maximum atomic E-state index is 11.8. The monoisotopic (exact) mass is 319 g/mol. The molecule has 0 heterocycles. The minimum absolute atomic E-state index is 0.123. The molecule has 0 saturated carbocycles. The molecule has 0 fully saturated rings. The minimum atomic E-state index is -1.34. The number of carbonyl (C=O) groups is 2. The molecule has 2 atom stereocenters. The number of nitrogens with one attached hydrogen (secondary N) is 1. The fraction of sp³-hybridized carbons (Fsp3) is 0.385. The number of carbonyl (C=O) groups excluding carboxylic acids is 2. The van der Waals surface area contributed by atoms with Gasteiger partial charge in [0.1, 0.15) is 6.10 Å². The van der Waals surface area contributed by atoms with E-state index in [0.29, 0.717) is 5.56 Å². The molecular weight excluding hydrogens is 305 g/mol. The van der Waals surface area contributed by atoms with Crippen molar-refractivity contribution >= 4 is 35.1 Å². The van der Waals surface area contributed by atoms with Gasteiger partial charge in [0.2, 0.25) is 0 Å². The van der Waals surface area contributed by atoms with Gasteiger partial charge in [-0.3, -0.25) is 4.79 Å². The van der Waals surface area contributed by atoms with Crippen molar-refractivity contribution in [2.75, 3.05) is 6.61 Å². The van der Waals surface area contributed by atoms with E-state index in [9.17, 15) is 14.7 Å². The lowest BCUT2D eigenvalue weighted by atomic mass is 10.0. The Kier molecular flexibility index (Phi) is 6.78. The standard InChI is InChI=1S/C13H15Cl2NO4/c1-2-20-13(19)9(16-12(18)11(14)15)10(17)8-6-4-3-5-7-8/h3-7,9-11,17H,2H2,1H3,(H,16,18)/t9-,10+/m0/s1. The second-order valence-electron chi connectivity index (χ2n) is 3.89. The number of alkyl halides is 2. The average Bonchev–Trinajstić information content (AvgIpc) is 2.44. The molecule has 0 radical (unpaired) electrons. The fourth-order valence-electron chi connectivity index (χ4n) is 1.56. The van der Waals surface area contributed by atoms with Crippen molar-refractivity contribution in [3.63, 3.8) is 0 Å². The number of rotatable bonds is 6. The zero-order chi connectivity index (χ0) is 15.1. The molecule has 7 heteroatoms. The van der Waals surface area contributed by atoms with Gasteiger partial charge in [-0.1, -0.05) is 53.5 Å². The van der Waals surface area contributed by atoms with Crippen molar-refractivity contribution in [1.82, 2.24) is 5.32 Å². The van der Waals surface area contributed by atoms with Crippen molar-refractivity contribution in [2.24, 2.45) is 0 Å². The number of ether oxygens (including phenoxy) is 1. The minimum Gasteiger partial charge on any atom is -0.464 e. The molecule has 0 aliphatic carbocycles. The van der Waals surface area contributed by atoms with E-state index in [2.05, 4.69) is 5.32 Å². The number of halogens is 2. The first-order chi connectivity index (χ1) is 9.47. The number of benzene rings is 1. The first-order valence-corrected chi connectivity index (χ1v) is 6.82. The molecule has 0 saturated heterocycles. The third-order valence-corrected chi connectivity index (χ3v) is 2.89. The summed E-state index contributed by atoms with van der Waals surface area (Å²) >= 11 is 10.8. The zero-order valence-electron chi connectivity index (χ0n) is 10.8. The number of aliphatic hydroxyl groups excluding tert-OH is 1. The summed E-state index contributed by atoms with van der Waals surface area (Å²) in [6, 6.07) is 7.15. The van der Waals surface area contributed by atoms with Gasteiger partial charge in [-0.25, -0.2) is 4.79 Å². The lowest BCUT2D eigenvalue weighted by Crippen LogP contribution is -2.47. The summed E-state index contributed by atoms with van der Waals surface area (Å²) in [5, 5.41) is 12.5. The zero-order valence-corrected chi connectivity index (χ0v) is 12.3. The highest BCUT2D eigenvalue weighted by Crippen LogP contribution is 2.18. The Morgan fingerprint density at radius 3 is 2.40 bits per heavy atom. The number of aliphatic hydroxyl groups is 1. The molecule has 0 aliphatic heterocycles. The van der Waals surface area contributed by atoms with Gasteiger partial charge in [-0.2, -0.15) is 0 Å². The average molecular weight is 320 g/mol. The molecule has 0 bridgehead atoms. The fourth-order valence-corrected chi connectivity index (χ4v) is 1.68. The van der Waals surface area contributed by atoms with Crippen LogP contribution < -0.4 is 5.32 Å². The number of hydrogen-bond acceptors (Lipinski definition) is 4. The number of esters is 1. The first kappa shape index (κ1) is 16.8. The molecule has 1 amide bonds. The van der Waals surface area contributed by atoms with Crippen LogP contribution in [0.1, 0.15) is 18.6 Å². The normalized spacial score (nSPS) is 13.7. The molecule has 2 N–H and O–H groups in total. The van der Waals surface area contributed by atoms with Crippen LogP contribution in [0, 0.1) is 0 Å². The lowest BCUT2D eigenvalue weighted by molar-refractivity contribution is -0.150. The molecule has 5 nitrogen and oxygen atoms in total. The van der Waals surface area contributed by atoms with Crippen molar-refractivity contribution in [3.05, 3.63) is 35.9 Å². The topological polar surface area (TPSA) is 75.6 Å². The van der Waals surface area contributed by atoms with Crippen molar-refractivity contribution < 1.29 is 19.4 Å². The second kappa shape index (κ2) is 8.09. The molecule has 20 heavy (non-hydrogen) atoms. The van der Waals surface area contributed by atoms with Gasteiger partial charge in [0.25, 0.3) is 5.91 Å². The van der Waals surface area contributed by atoms with E-state index in [1.165, 1.54) is 0 Å². The Morgan fingerprint density at radius 2 is 1.90 bits per heavy atom. The van der Waals surface area contributed by atoms with E-state index in [4.69, 9.17) is 27.9 Å². The van der Waals surface area contributed by atoms with Crippen molar-refractivity contribution in [1.29, 1.82) is 0 Å². The van der Waals surface area contributed by atoms with Crippen molar-refractivity contribution in [2.45, 2.75) is 23.9 Å². The largest absolute Gasteiger partial charge is 0.464 e. The van der Waals surface area contributed by atoms with Crippen LogP contribution in [0.25, 0.3) is 0 Å². The number of hydrogen-bond donors (Lipinski definition) is 2. The van der Waals surface area contributed by atoms with Crippen LogP contribution in [0.4, 0.5) is 0 Å². The highest BCUT2D eigenvalue weighted by atomic mass is 35.5. The van der Waals surface area contributed by atoms with E-state index < -0.39 is 28.9 Å². The molecular formula is C13H15Cl2NO4. The summed E-state index contributed by atoms with van der Waals surface area (Å²) in [7, 11) is 0. The van der Waals surface area contributed by atoms with Crippen LogP contribution in [0.2, 0.25) is 0 Å². The molecule has 0 aromatic heterocycles. The summed E-state index contributed by atoms with van der Waals surface area (Å²) in [6.45, 7) is 1.75. The van der Waals surface area contributed by atoms with Crippen molar-refractivity contribution in [3.8, 4) is 0 Å². The predicted octanol–water partition coefficient (Wildman–Crippen LogP) is 1.57. The van der Waals surface area contributed by atoms with Gasteiger partial charge in [-0.15, -0.1) is 0 Å². The maximum Gasteiger partial charge on any atom is 0.331 e. The van der Waals surface area contributed by atoms with Crippen LogP contribution in [0.3, 0.4) is 0 Å². The van der Waals surface area contributed by atoms with E-state index in [-0.39, 0.29) is 6.61 Å². The third kappa shape index (κ3) is 4.67. The maximum absolute atomic E-state index is 11.8. The summed E-state index contributed by atoms with van der Waals surface area (Å²) in [5.74, 6) is -1.53. The Balaban J connectivity index is 2.92. The molecule has 0 spiro atoms. The van der Waals surface area contributed by atoms with Crippen LogP contribution in [-0.4, -0.2) is 34.5 Å². The Labute approximate surface area is 126 Å². The highest BCUT2D eigenvalue weighted by molar-refractivity contribution is 6.53. The van der Waals surface area contributed by atoms with Gasteiger partial charge < -0.3 is 15.2 Å². The van der Waals surface area contributed by atoms with Crippen LogP contribution >= 0.6 is 23.2 Å². The molecule has 0 unspecified atom stereocenters. The molecule has 0 aliphatic rings. The summed E-state index contributed by atoms with van der Waals surface area (Å²) in [4.78, 5) is 22.0. The smallest absolute Gasteiger partial charge is 0.331 e. The number of amides is 1. The van der Waals surface area contributed by atoms with E-state index in [1.54, 1.807) is 37.3 Å². The molecule has 1 aromatic rings. The third-order valence-electron chi connectivity index (χ3n) is 2.49. The Morgan fingerprint density at radius 1 is 1.30 bits per heavy atom. The first-order valence-electron chi connectivity index (χ1n) is 5.95. The second-order valence-corrected chi connectivity index (χ2v) is 4.99. The van der Waals surface area contributed by atoms with Crippen LogP contribution in [0.5, 0.6) is 0 Å². The predicted molar refractivity (Wildman–Crippen MR) is 75.5 cm³/mol. The summed E-state index contributed by atoms with van der Waals surface area (Å²) < 4.78 is 4.83. The highest BCUT2D eigenvalue weighted by Gasteiger charge is 2.32. The SMILES string of the molecule is CCOC(=O)[C@@H](NC(=O)C(Cl)Cl)[C@H](O)c1ccccc1. The van der Waals surface area contributed by atoms with Gasteiger partial charge in [0.05, 0.1) is 6.61 Å². The van der Waals surface area contributed by atoms with Gasteiger partial charge >= 0.3 is 5.97 Å². The van der Waals surface area contributed by atoms with Gasteiger partial charge in [-0.05, 0) is 12.5 Å².